The molecule has 0 aliphatic carbocycles. The summed E-state index contributed by atoms with van der Waals surface area (Å²) in [7, 11) is 1.48. The Balaban J connectivity index is 2.07. The minimum Gasteiger partial charge on any atom is -0.359 e. The highest BCUT2D eigenvalue weighted by atomic mass is 16.7. The minimum atomic E-state index is -0.662. The number of carbonyl (C=O) groups excluding carboxylic acids is 3. The van der Waals surface area contributed by atoms with E-state index in [0.717, 1.165) is 5.56 Å². The second-order valence-electron chi connectivity index (χ2n) is 6.49. The molecule has 0 saturated carbocycles. The van der Waals surface area contributed by atoms with Crippen molar-refractivity contribution in [1.29, 1.82) is 0 Å². The quantitative estimate of drug-likeness (QED) is 0.323. The van der Waals surface area contributed by atoms with Crippen molar-refractivity contribution in [3.05, 3.63) is 46.2 Å². The second kappa shape index (κ2) is 9.76. The Labute approximate surface area is 171 Å². The molecule has 0 unspecified atom stereocenters. The number of aromatic amines is 1. The van der Waals surface area contributed by atoms with Gasteiger partial charge in [-0.05, 0) is 5.56 Å². The highest BCUT2D eigenvalue weighted by molar-refractivity contribution is 5.94. The largest absolute Gasteiger partial charge is 0.359 e. The van der Waals surface area contributed by atoms with Crippen LogP contribution in [0.15, 0.2) is 35.1 Å². The number of hydrogen-bond acceptors (Lipinski definition) is 8. The van der Waals surface area contributed by atoms with Gasteiger partial charge in [0.2, 0.25) is 25.2 Å². The van der Waals surface area contributed by atoms with E-state index in [9.17, 15) is 19.2 Å². The second-order valence-corrected chi connectivity index (χ2v) is 6.49. The number of anilines is 3. The van der Waals surface area contributed by atoms with Gasteiger partial charge in [0.1, 0.15) is 6.79 Å². The number of H-pyrrole nitrogens is 1. The Bertz CT molecular complexity index is 942. The molecule has 1 N–H and O–H groups in total. The molecular formula is C19H21N5O6. The third-order valence-electron chi connectivity index (χ3n) is 4.56. The van der Waals surface area contributed by atoms with E-state index in [1.807, 2.05) is 30.3 Å². The Morgan fingerprint density at radius 3 is 2.60 bits per heavy atom. The molecule has 2 aromatic rings. The van der Waals surface area contributed by atoms with E-state index in [0.29, 0.717) is 24.4 Å². The summed E-state index contributed by atoms with van der Waals surface area (Å²) >= 11 is 0. The first-order valence-corrected chi connectivity index (χ1v) is 9.05. The summed E-state index contributed by atoms with van der Waals surface area (Å²) in [5, 5.41) is 0. The highest BCUT2D eigenvalue weighted by Gasteiger charge is 2.35. The molecule has 0 saturated heterocycles. The average Bonchev–Trinajstić information content (AvgIpc) is 2.76. The molecule has 1 aliphatic rings. The van der Waals surface area contributed by atoms with Crippen molar-refractivity contribution in [3.8, 4) is 0 Å². The Morgan fingerprint density at radius 2 is 1.97 bits per heavy atom. The first kappa shape index (κ1) is 21.1. The molecule has 11 heteroatoms. The zero-order valence-electron chi connectivity index (χ0n) is 16.3. The average molecular weight is 415 g/mol. The van der Waals surface area contributed by atoms with Gasteiger partial charge in [0.15, 0.2) is 11.5 Å². The van der Waals surface area contributed by atoms with Gasteiger partial charge in [0.05, 0.1) is 12.6 Å². The van der Waals surface area contributed by atoms with Gasteiger partial charge < -0.3 is 14.4 Å². The lowest BCUT2D eigenvalue weighted by atomic mass is 10.1. The minimum absolute atomic E-state index is 0.0127. The predicted octanol–water partition coefficient (Wildman–Crippen LogP) is -0.139. The third-order valence-corrected chi connectivity index (χ3v) is 4.56. The van der Waals surface area contributed by atoms with Crippen LogP contribution in [0.4, 0.5) is 17.5 Å². The molecule has 1 aliphatic heterocycles. The summed E-state index contributed by atoms with van der Waals surface area (Å²) in [5.74, 6) is -0.0526. The van der Waals surface area contributed by atoms with Crippen LogP contribution in [-0.2, 0) is 30.4 Å². The summed E-state index contributed by atoms with van der Waals surface area (Å²) < 4.78 is 10.3. The summed E-state index contributed by atoms with van der Waals surface area (Å²) in [5.41, 5.74) is 0.301. The monoisotopic (exact) mass is 415 g/mol. The number of aromatic nitrogens is 2. The summed E-state index contributed by atoms with van der Waals surface area (Å²) in [4.78, 5) is 57.2. The maximum absolute atomic E-state index is 12.8. The molecule has 1 aromatic carbocycles. The van der Waals surface area contributed by atoms with Gasteiger partial charge in [-0.2, -0.15) is 4.98 Å². The lowest BCUT2D eigenvalue weighted by Crippen LogP contribution is -2.53. The van der Waals surface area contributed by atoms with Crippen molar-refractivity contribution < 1.29 is 23.9 Å². The molecule has 158 valence electrons. The lowest BCUT2D eigenvalue weighted by molar-refractivity contribution is -0.114. The molecule has 1 aromatic heterocycles. The van der Waals surface area contributed by atoms with Crippen LogP contribution in [-0.4, -0.2) is 62.3 Å². The number of nitrogens with one attached hydrogen (secondary N) is 1. The van der Waals surface area contributed by atoms with E-state index < -0.39 is 11.6 Å². The van der Waals surface area contributed by atoms with Crippen LogP contribution in [0.5, 0.6) is 0 Å². The van der Waals surface area contributed by atoms with Gasteiger partial charge in [-0.3, -0.25) is 29.1 Å². The van der Waals surface area contributed by atoms with Crippen LogP contribution in [0.25, 0.3) is 0 Å². The topological polar surface area (TPSA) is 125 Å². The van der Waals surface area contributed by atoms with E-state index in [-0.39, 0.29) is 43.7 Å². The van der Waals surface area contributed by atoms with Crippen LogP contribution in [0.1, 0.15) is 5.56 Å². The maximum atomic E-state index is 12.8. The number of rotatable bonds is 10. The predicted molar refractivity (Wildman–Crippen MR) is 107 cm³/mol. The molecule has 0 spiro atoms. The van der Waals surface area contributed by atoms with Crippen molar-refractivity contribution in [2.45, 2.75) is 12.6 Å². The molecule has 11 nitrogen and oxygen atoms in total. The molecule has 2 heterocycles. The molecule has 1 atom stereocenters. The summed E-state index contributed by atoms with van der Waals surface area (Å²) in [6.07, 6.45) is 1.01. The fourth-order valence-corrected chi connectivity index (χ4v) is 3.24. The Hall–Kier alpha value is -3.57. The summed E-state index contributed by atoms with van der Waals surface area (Å²) in [6.45, 7) is 0.866. The number of nitrogens with zero attached hydrogens (tertiary/aromatic N) is 4. The highest BCUT2D eigenvalue weighted by Crippen LogP contribution is 2.32. The number of benzene rings is 1. The van der Waals surface area contributed by atoms with Gasteiger partial charge in [0.25, 0.3) is 5.56 Å². The zero-order valence-corrected chi connectivity index (χ0v) is 16.3. The van der Waals surface area contributed by atoms with Gasteiger partial charge in [-0.25, -0.2) is 4.90 Å². The number of hydrogen-bond donors (Lipinski definition) is 1. The van der Waals surface area contributed by atoms with E-state index >= 15 is 0 Å². The lowest BCUT2D eigenvalue weighted by Gasteiger charge is -2.40. The number of methoxy groups -OCH3 is 1. The van der Waals surface area contributed by atoms with Crippen molar-refractivity contribution in [3.63, 3.8) is 0 Å². The first-order chi connectivity index (χ1) is 14.6. The normalized spacial score (nSPS) is 15.4. The fraction of sp³-hybridized carbons (Fsp3) is 0.316. The molecular weight excluding hydrogens is 394 g/mol. The van der Waals surface area contributed by atoms with Crippen LogP contribution in [0.3, 0.4) is 0 Å². The molecule has 30 heavy (non-hydrogen) atoms. The van der Waals surface area contributed by atoms with Gasteiger partial charge in [0, 0.05) is 20.2 Å². The van der Waals surface area contributed by atoms with Crippen LogP contribution in [0.2, 0.25) is 0 Å². The van der Waals surface area contributed by atoms with Gasteiger partial charge in [-0.15, -0.1) is 0 Å². The van der Waals surface area contributed by atoms with Crippen LogP contribution in [0, 0.1) is 0 Å². The Kier molecular flexibility index (Phi) is 6.88. The van der Waals surface area contributed by atoms with Gasteiger partial charge >= 0.3 is 0 Å². The van der Waals surface area contributed by atoms with E-state index in [2.05, 4.69) is 9.97 Å². The number of fused-ring (bicyclic) bond motifs is 1. The van der Waals surface area contributed by atoms with Crippen molar-refractivity contribution in [2.24, 2.45) is 0 Å². The van der Waals surface area contributed by atoms with Gasteiger partial charge in [-0.1, -0.05) is 30.3 Å². The summed E-state index contributed by atoms with van der Waals surface area (Å²) in [6, 6.07) is 9.01. The molecule has 0 fully saturated rings. The van der Waals surface area contributed by atoms with E-state index in [4.69, 9.17) is 9.47 Å². The number of amides is 3. The Morgan fingerprint density at radius 1 is 1.23 bits per heavy atom. The third kappa shape index (κ3) is 4.36. The molecule has 3 rings (SSSR count). The van der Waals surface area contributed by atoms with Crippen molar-refractivity contribution >= 4 is 36.7 Å². The number of carbonyl (C=O) groups is 3. The first-order valence-electron chi connectivity index (χ1n) is 9.05. The molecule has 0 radical (unpaired) electrons. The van der Waals surface area contributed by atoms with Crippen molar-refractivity contribution in [1.82, 2.24) is 9.97 Å². The van der Waals surface area contributed by atoms with E-state index in [1.165, 1.54) is 12.0 Å². The van der Waals surface area contributed by atoms with Crippen LogP contribution >= 0.6 is 0 Å². The van der Waals surface area contributed by atoms with Crippen molar-refractivity contribution in [2.75, 3.05) is 41.8 Å². The SMILES string of the molecule is COCOC[C@H]1CN(Cc2ccccc2)c2nc(N(C=O)C=O)[nH]c(=O)c2N1C=O. The smallest absolute Gasteiger partial charge is 0.278 e. The number of imide groups is 1. The zero-order chi connectivity index (χ0) is 21.5. The molecule has 0 bridgehead atoms. The standard InChI is InChI=1S/C19H21N5O6/c1-29-13-30-9-15-8-22(7-14-5-3-2-4-6-14)17-16(24(15)12-27)18(28)21-19(20-17)23(10-25)11-26/h2-6,10-12,15H,7-9,13H2,1H3,(H,20,21,28)/t15-/m1/s1. The van der Waals surface area contributed by atoms with Crippen LogP contribution < -0.4 is 20.3 Å². The number of ether oxygens (including phenoxy) is 2. The fourth-order valence-electron chi connectivity index (χ4n) is 3.24. The molecule has 3 amide bonds. The van der Waals surface area contributed by atoms with E-state index in [1.54, 1.807) is 4.90 Å². The maximum Gasteiger partial charge on any atom is 0.278 e.